The average Bonchev–Trinajstić information content (AvgIpc) is 1.35. The third-order valence-corrected chi connectivity index (χ3v) is 16.6. The Labute approximate surface area is 690 Å². The predicted octanol–water partition coefficient (Wildman–Crippen LogP) is 9.49. The standard InChI is InChI=1S/C13H18N4O2.C10H16F2O3.C9H12F2O3.C7H13F2N.C6H11F2N.2C6H10F2O2.C6H5N3.C6H12O2.C4H9O.CH2O.K/c1-3-19-13(18)8-9-16(2)10-17-12-7-5-4-6-11(12)14-15-17;1-3-15-9(14)6-4-5-7-10(11,12)8(2)13;1-2-14-8(13)6-4-3-5-9(10,11)7(6)12;1-10-6-4-2-3-5-7(6,8)9;7-6(8)4-2-1-3-5(6)9;2*7-5(8)3-1-2-4-6(5,9)10;1-2-4-6-5(3-1)7-9-8-6;1-3-5-6(7)8-4-2;1-4(2,3)5;1-2;/h4-7H,3,8-10H2,1-2H3;3-7H2,1-2H3;6H,2-5H2,1H3;6,10H,2-5H2,1H3;5H,1-4,9H2;2*9-10H,1-4H2;1-4H,(H,7,8,9);3-5H2,1-2H3;1-3H3;1H2;/q;;;;;;;;;-1;;+1. The number of para-hydroxylation sites is 3. The van der Waals surface area contributed by atoms with Crippen molar-refractivity contribution in [3.05, 3.63) is 48.5 Å². The number of H-pyrrole nitrogens is 1. The van der Waals surface area contributed by atoms with Crippen molar-refractivity contribution in [2.45, 2.75) is 301 Å². The minimum atomic E-state index is -3.35. The van der Waals surface area contributed by atoms with Crippen molar-refractivity contribution in [1.29, 1.82) is 0 Å². The fourth-order valence-corrected chi connectivity index (χ4v) is 10.4. The van der Waals surface area contributed by atoms with Gasteiger partial charge in [0.2, 0.25) is 17.4 Å². The number of hydrogen-bond acceptors (Lipinski definition) is 23. The van der Waals surface area contributed by atoms with Crippen molar-refractivity contribution in [1.82, 2.24) is 40.6 Å². The zero-order chi connectivity index (χ0) is 85.5. The summed E-state index contributed by atoms with van der Waals surface area (Å²) in [6, 6.07) is 14.0. The number of aromatic nitrogens is 6. The Morgan fingerprint density at radius 3 is 1.45 bits per heavy atom. The third kappa shape index (κ3) is 45.8. The largest absolute Gasteiger partial charge is 1.00 e. The fourth-order valence-electron chi connectivity index (χ4n) is 10.4. The quantitative estimate of drug-likeness (QED) is 0.00873. The van der Waals surface area contributed by atoms with Crippen LogP contribution < -0.4 is 67.5 Å². The Bertz CT molecular complexity index is 3160. The molecule has 3 atom stereocenters. The number of nitrogens with two attached hydrogens (primary N) is 1. The Balaban J connectivity index is -0.00000119. The van der Waals surface area contributed by atoms with E-state index in [1.165, 1.54) is 0 Å². The number of Topliss-reactive ketones (excluding diaryl/α,β-unsaturated/α-hetero) is 2. The summed E-state index contributed by atoms with van der Waals surface area (Å²) in [5, 5.41) is 66.1. The zero-order valence-corrected chi connectivity index (χ0v) is 69.8. The molecule has 38 heteroatoms. The van der Waals surface area contributed by atoms with Crippen molar-refractivity contribution in [3.8, 4) is 0 Å². The summed E-state index contributed by atoms with van der Waals surface area (Å²) in [6.45, 7) is 19.1. The van der Waals surface area contributed by atoms with Gasteiger partial charge >= 0.3 is 87.1 Å². The van der Waals surface area contributed by atoms with E-state index >= 15 is 0 Å². The van der Waals surface area contributed by atoms with Gasteiger partial charge in [0.05, 0.1) is 57.1 Å². The molecular formula is C74H118F12KN9O16. The molecule has 0 bridgehead atoms. The first-order valence-electron chi connectivity index (χ1n) is 37.1. The van der Waals surface area contributed by atoms with E-state index in [9.17, 15) is 86.6 Å². The maximum atomic E-state index is 12.9. The van der Waals surface area contributed by atoms with Crippen LogP contribution in [0.2, 0.25) is 0 Å². The van der Waals surface area contributed by atoms with Gasteiger partial charge in [-0.25, -0.2) is 39.8 Å². The van der Waals surface area contributed by atoms with Crippen LogP contribution in [0, 0.1) is 5.92 Å². The molecule has 5 aliphatic rings. The minimum absolute atomic E-state index is 0. The van der Waals surface area contributed by atoms with E-state index in [0.29, 0.717) is 104 Å². The van der Waals surface area contributed by atoms with Crippen molar-refractivity contribution < 1.29 is 182 Å². The first-order valence-corrected chi connectivity index (χ1v) is 37.1. The summed E-state index contributed by atoms with van der Waals surface area (Å²) in [4.78, 5) is 75.2. The Kier molecular flexibility index (Phi) is 55.4. The van der Waals surface area contributed by atoms with E-state index in [1.54, 1.807) is 41.7 Å². The minimum Gasteiger partial charge on any atom is -0.850 e. The van der Waals surface area contributed by atoms with E-state index in [-0.39, 0.29) is 127 Å². The molecule has 2 heterocycles. The van der Waals surface area contributed by atoms with E-state index in [4.69, 9.17) is 35.7 Å². The monoisotopic (exact) mass is 1660 g/mol. The number of halogens is 12. The number of nitrogens with zero attached hydrogens (tertiary/aromatic N) is 6. The number of alkyl halides is 12. The molecule has 640 valence electrons. The number of benzene rings is 2. The number of aromatic amines is 1. The summed E-state index contributed by atoms with van der Waals surface area (Å²) >= 11 is 0. The van der Waals surface area contributed by atoms with Gasteiger partial charge in [-0.15, -0.1) is 10.7 Å². The number of hydrogen-bond donors (Lipinski definition) is 7. The predicted molar refractivity (Wildman–Crippen MR) is 387 cm³/mol. The van der Waals surface area contributed by atoms with Gasteiger partial charge in [-0.05, 0) is 150 Å². The van der Waals surface area contributed by atoms with Crippen LogP contribution >= 0.6 is 0 Å². The molecule has 0 spiro atoms. The van der Waals surface area contributed by atoms with Crippen LogP contribution in [0.1, 0.15) is 229 Å². The zero-order valence-electron chi connectivity index (χ0n) is 66.7. The molecule has 5 aliphatic carbocycles. The van der Waals surface area contributed by atoms with Crippen molar-refractivity contribution in [2.75, 3.05) is 47.1 Å². The molecule has 0 saturated heterocycles. The SMILES string of the molecule is C=O.CC(C)(C)[O-].CCCC(=O)OCC.CCOC(=O)C1CCCC(F)(F)C1=O.CCOC(=O)CCCCC(F)(F)C(C)=O.CCOC(=O)CCN(C)Cn1nnc2ccccc21.CNC1CCCCC1(F)F.NC1CCCCC1(F)F.OC1(O)CCCCC1(F)F.OC1(O)CCCCC1(F)F.[K+].c1ccc2n[nH]nc2c1. The molecule has 2 aromatic heterocycles. The number of nitrogens with one attached hydrogen (secondary N) is 2. The van der Waals surface area contributed by atoms with Crippen molar-refractivity contribution in [3.63, 3.8) is 0 Å². The maximum absolute atomic E-state index is 12.9. The van der Waals surface area contributed by atoms with E-state index in [0.717, 1.165) is 48.3 Å². The maximum Gasteiger partial charge on any atom is 1.00 e. The van der Waals surface area contributed by atoms with E-state index in [2.05, 4.69) is 45.3 Å². The summed E-state index contributed by atoms with van der Waals surface area (Å²) in [6.07, 6.45) is 6.40. The number of unbranched alkanes of at least 4 members (excludes halogenated alkanes) is 1. The molecule has 9 rings (SSSR count). The third-order valence-electron chi connectivity index (χ3n) is 16.6. The van der Waals surface area contributed by atoms with E-state index < -0.39 is 114 Å². The van der Waals surface area contributed by atoms with Gasteiger partial charge < -0.3 is 60.3 Å². The second kappa shape index (κ2) is 56.0. The molecule has 0 amide bonds. The van der Waals surface area contributed by atoms with Crippen LogP contribution in [0.25, 0.3) is 22.1 Å². The molecule has 5 saturated carbocycles. The normalized spacial score (nSPS) is 19.6. The second-order valence-electron chi connectivity index (χ2n) is 27.3. The number of fused-ring (bicyclic) bond motifs is 2. The first-order chi connectivity index (χ1) is 51.6. The number of aliphatic hydroxyl groups is 4. The fraction of sp³-hybridized carbons (Fsp3) is 0.743. The van der Waals surface area contributed by atoms with Crippen LogP contribution in [0.4, 0.5) is 52.7 Å². The molecule has 3 unspecified atom stereocenters. The van der Waals surface area contributed by atoms with E-state index in [1.807, 2.05) is 92.7 Å². The summed E-state index contributed by atoms with van der Waals surface area (Å²) in [5.74, 6) is -28.9. The molecule has 5 fully saturated rings. The number of esters is 4. The van der Waals surface area contributed by atoms with Crippen LogP contribution in [-0.4, -0.2) is 210 Å². The Morgan fingerprint density at radius 1 is 0.625 bits per heavy atom. The molecule has 2 aromatic carbocycles. The molecule has 0 radical (unpaired) electrons. The van der Waals surface area contributed by atoms with Gasteiger partial charge in [-0.3, -0.25) is 33.7 Å². The number of carbonyl (C=O) groups is 7. The van der Waals surface area contributed by atoms with Crippen molar-refractivity contribution >= 4 is 64.3 Å². The first kappa shape index (κ1) is 111. The molecule has 4 aromatic rings. The Morgan fingerprint density at radius 2 is 1.05 bits per heavy atom. The van der Waals surface area contributed by atoms with Gasteiger partial charge in [-0.2, -0.15) is 33.0 Å². The smallest absolute Gasteiger partial charge is 0.850 e. The molecule has 25 nitrogen and oxygen atoms in total. The summed E-state index contributed by atoms with van der Waals surface area (Å²) in [7, 11) is 3.54. The number of ketones is 2. The van der Waals surface area contributed by atoms with Gasteiger partial charge in [0, 0.05) is 77.7 Å². The number of ether oxygens (including phenoxy) is 4. The van der Waals surface area contributed by atoms with Gasteiger partial charge in [0.25, 0.3) is 23.7 Å². The van der Waals surface area contributed by atoms with Crippen molar-refractivity contribution in [2.24, 2.45) is 11.7 Å². The summed E-state index contributed by atoms with van der Waals surface area (Å²) < 4.78 is 172. The molecule has 8 N–H and O–H groups in total. The summed E-state index contributed by atoms with van der Waals surface area (Å²) in [5.41, 5.74) is 8.11. The number of rotatable bonds is 19. The average molecular weight is 1660 g/mol. The van der Waals surface area contributed by atoms with Gasteiger partial charge in [0.1, 0.15) is 29.3 Å². The van der Waals surface area contributed by atoms with Crippen LogP contribution in [-0.2, 0) is 59.2 Å². The van der Waals surface area contributed by atoms with Crippen LogP contribution in [0.3, 0.4) is 0 Å². The number of carbonyl (C=O) groups excluding carboxylic acids is 7. The van der Waals surface area contributed by atoms with Gasteiger partial charge in [-0.1, -0.05) is 70.0 Å². The topological polar surface area (TPSA) is 374 Å². The van der Waals surface area contributed by atoms with Crippen LogP contribution in [0.15, 0.2) is 48.5 Å². The second-order valence-corrected chi connectivity index (χ2v) is 27.3. The molecule has 112 heavy (non-hydrogen) atoms. The Hall–Kier alpha value is -5.39. The molecule has 0 aliphatic heterocycles. The molecular weight excluding hydrogens is 1540 g/mol. The van der Waals surface area contributed by atoms with Gasteiger partial charge in [0.15, 0.2) is 5.78 Å². The van der Waals surface area contributed by atoms with Crippen LogP contribution in [0.5, 0.6) is 0 Å².